The smallest absolute Gasteiger partial charge is 0.234 e. The molecule has 0 bridgehead atoms. The number of nitrogens with zero attached hydrogens (tertiary/aromatic N) is 2. The summed E-state index contributed by atoms with van der Waals surface area (Å²) in [6, 6.07) is 0. The van der Waals surface area contributed by atoms with Gasteiger partial charge in [-0.05, 0) is 13.5 Å². The zero-order valence-electron chi connectivity index (χ0n) is 8.55. The molecule has 4 nitrogen and oxygen atoms in total. The van der Waals surface area contributed by atoms with Crippen LogP contribution in [0.25, 0.3) is 0 Å². The van der Waals surface area contributed by atoms with E-state index in [1.54, 1.807) is 0 Å². The fourth-order valence-corrected chi connectivity index (χ4v) is 1.38. The van der Waals surface area contributed by atoms with Crippen molar-refractivity contribution in [2.75, 3.05) is 33.2 Å². The summed E-state index contributed by atoms with van der Waals surface area (Å²) in [6.45, 7) is 5.96. The third-order valence-corrected chi connectivity index (χ3v) is 2.26. The Labute approximate surface area is 79.9 Å². The van der Waals surface area contributed by atoms with E-state index >= 15 is 0 Å². The van der Waals surface area contributed by atoms with Crippen molar-refractivity contribution in [2.24, 2.45) is 0 Å². The van der Waals surface area contributed by atoms with Crippen LogP contribution < -0.4 is 5.43 Å². The maximum absolute atomic E-state index is 11.2. The molecule has 0 spiro atoms. The first-order valence-corrected chi connectivity index (χ1v) is 4.95. The topological polar surface area (TPSA) is 35.6 Å². The Kier molecular flexibility index (Phi) is 4.18. The van der Waals surface area contributed by atoms with Crippen LogP contribution in [0.2, 0.25) is 0 Å². The Morgan fingerprint density at radius 2 is 1.92 bits per heavy atom. The minimum atomic E-state index is 0.145. The number of hydrogen-bond acceptors (Lipinski definition) is 3. The van der Waals surface area contributed by atoms with Gasteiger partial charge in [-0.3, -0.25) is 10.2 Å². The van der Waals surface area contributed by atoms with Gasteiger partial charge in [-0.15, -0.1) is 0 Å². The number of carbonyl (C=O) groups excluding carboxylic acids is 1. The van der Waals surface area contributed by atoms with Crippen molar-refractivity contribution >= 4 is 5.91 Å². The second-order valence-corrected chi connectivity index (χ2v) is 3.58. The monoisotopic (exact) mass is 185 g/mol. The van der Waals surface area contributed by atoms with Crippen LogP contribution >= 0.6 is 0 Å². The van der Waals surface area contributed by atoms with E-state index in [9.17, 15) is 4.79 Å². The highest BCUT2D eigenvalue weighted by molar-refractivity contribution is 5.75. The molecule has 0 radical (unpaired) electrons. The summed E-state index contributed by atoms with van der Waals surface area (Å²) in [5.41, 5.74) is 2.91. The normalized spacial score (nSPS) is 20.2. The lowest BCUT2D eigenvalue weighted by atomic mass is 10.3. The highest BCUT2D eigenvalue weighted by Crippen LogP contribution is 1.96. The van der Waals surface area contributed by atoms with Crippen LogP contribution in [0.15, 0.2) is 0 Å². The van der Waals surface area contributed by atoms with E-state index in [1.807, 2.05) is 11.9 Å². The average Bonchev–Trinajstić information content (AvgIpc) is 2.09. The molecule has 0 aromatic rings. The predicted molar refractivity (Wildman–Crippen MR) is 52.1 cm³/mol. The van der Waals surface area contributed by atoms with Crippen LogP contribution in [0.4, 0.5) is 0 Å². The van der Waals surface area contributed by atoms with E-state index < -0.39 is 0 Å². The number of amides is 1. The third-order valence-electron chi connectivity index (χ3n) is 2.26. The van der Waals surface area contributed by atoms with Crippen molar-refractivity contribution in [3.05, 3.63) is 0 Å². The fraction of sp³-hybridized carbons (Fsp3) is 0.889. The van der Waals surface area contributed by atoms with Crippen molar-refractivity contribution in [3.8, 4) is 0 Å². The lowest BCUT2D eigenvalue weighted by Gasteiger charge is -2.32. The Bertz CT molecular complexity index is 164. The summed E-state index contributed by atoms with van der Waals surface area (Å²) in [5, 5.41) is 2.01. The van der Waals surface area contributed by atoms with E-state index in [1.165, 1.54) is 0 Å². The van der Waals surface area contributed by atoms with Crippen LogP contribution in [0.1, 0.15) is 19.8 Å². The minimum absolute atomic E-state index is 0.145. The quantitative estimate of drug-likeness (QED) is 0.675. The first-order chi connectivity index (χ1) is 6.22. The Balaban J connectivity index is 2.18. The minimum Gasteiger partial charge on any atom is -0.304 e. The highest BCUT2D eigenvalue weighted by Gasteiger charge is 2.14. The summed E-state index contributed by atoms with van der Waals surface area (Å²) in [5.74, 6) is 0.145. The predicted octanol–water partition coefficient (Wildman–Crippen LogP) is 0.0651. The Hall–Kier alpha value is -0.610. The number of rotatable bonds is 3. The summed E-state index contributed by atoms with van der Waals surface area (Å²) in [6.07, 6.45) is 1.55. The van der Waals surface area contributed by atoms with E-state index in [4.69, 9.17) is 0 Å². The second-order valence-electron chi connectivity index (χ2n) is 3.58. The number of carbonyl (C=O) groups is 1. The summed E-state index contributed by atoms with van der Waals surface area (Å²) < 4.78 is 0. The van der Waals surface area contributed by atoms with Crippen LogP contribution in [0.3, 0.4) is 0 Å². The van der Waals surface area contributed by atoms with Crippen molar-refractivity contribution in [1.82, 2.24) is 15.3 Å². The molecule has 4 heteroatoms. The van der Waals surface area contributed by atoms with Crippen LogP contribution in [0.5, 0.6) is 0 Å². The molecule has 0 aromatic carbocycles. The lowest BCUT2D eigenvalue weighted by molar-refractivity contribution is -0.126. The molecule has 76 valence electrons. The van der Waals surface area contributed by atoms with Gasteiger partial charge >= 0.3 is 0 Å². The second kappa shape index (κ2) is 5.19. The van der Waals surface area contributed by atoms with Gasteiger partial charge in [0, 0.05) is 32.6 Å². The molecule has 1 amide bonds. The van der Waals surface area contributed by atoms with Crippen molar-refractivity contribution < 1.29 is 4.79 Å². The zero-order valence-corrected chi connectivity index (χ0v) is 8.55. The van der Waals surface area contributed by atoms with Gasteiger partial charge in [0.1, 0.15) is 0 Å². The van der Waals surface area contributed by atoms with E-state index in [0.717, 1.165) is 32.6 Å². The molecule has 0 atom stereocenters. The molecular weight excluding hydrogens is 166 g/mol. The first kappa shape index (κ1) is 10.5. The van der Waals surface area contributed by atoms with Gasteiger partial charge in [-0.25, -0.2) is 5.01 Å². The van der Waals surface area contributed by atoms with Gasteiger partial charge in [0.15, 0.2) is 0 Å². The van der Waals surface area contributed by atoms with Crippen molar-refractivity contribution in [2.45, 2.75) is 19.8 Å². The largest absolute Gasteiger partial charge is 0.304 e. The van der Waals surface area contributed by atoms with Gasteiger partial charge in [0.05, 0.1) is 0 Å². The molecule has 0 aliphatic carbocycles. The first-order valence-electron chi connectivity index (χ1n) is 4.95. The van der Waals surface area contributed by atoms with Gasteiger partial charge in [-0.1, -0.05) is 6.92 Å². The molecule has 1 N–H and O–H groups in total. The third kappa shape index (κ3) is 3.74. The van der Waals surface area contributed by atoms with Crippen molar-refractivity contribution in [1.29, 1.82) is 0 Å². The van der Waals surface area contributed by atoms with E-state index in [2.05, 4.69) is 17.4 Å². The number of hydrazine groups is 1. The highest BCUT2D eigenvalue weighted by atomic mass is 16.2. The molecule has 1 heterocycles. The van der Waals surface area contributed by atoms with Gasteiger partial charge < -0.3 is 4.90 Å². The summed E-state index contributed by atoms with van der Waals surface area (Å²) >= 11 is 0. The SMILES string of the molecule is CCCC(=O)NN1CCN(C)CC1. The van der Waals surface area contributed by atoms with Crippen LogP contribution in [0, 0.1) is 0 Å². The maximum atomic E-state index is 11.2. The number of piperazine rings is 1. The average molecular weight is 185 g/mol. The summed E-state index contributed by atoms with van der Waals surface area (Å²) in [7, 11) is 2.10. The van der Waals surface area contributed by atoms with Gasteiger partial charge in [-0.2, -0.15) is 0 Å². The molecule has 1 fully saturated rings. The lowest BCUT2D eigenvalue weighted by Crippen LogP contribution is -2.52. The van der Waals surface area contributed by atoms with Crippen LogP contribution in [-0.2, 0) is 4.79 Å². The molecule has 1 rings (SSSR count). The Morgan fingerprint density at radius 3 is 2.46 bits per heavy atom. The van der Waals surface area contributed by atoms with Crippen molar-refractivity contribution in [3.63, 3.8) is 0 Å². The van der Waals surface area contributed by atoms with E-state index in [-0.39, 0.29) is 5.91 Å². The molecule has 1 aliphatic heterocycles. The standard InChI is InChI=1S/C9H19N3O/c1-3-4-9(13)10-12-7-5-11(2)6-8-12/h3-8H2,1-2H3,(H,10,13). The summed E-state index contributed by atoms with van der Waals surface area (Å²) in [4.78, 5) is 13.5. The maximum Gasteiger partial charge on any atom is 0.234 e. The van der Waals surface area contributed by atoms with Crippen LogP contribution in [-0.4, -0.2) is 49.0 Å². The molecule has 1 saturated heterocycles. The molecule has 13 heavy (non-hydrogen) atoms. The Morgan fingerprint density at radius 1 is 1.31 bits per heavy atom. The number of likely N-dealkylation sites (N-methyl/N-ethyl adjacent to an activating group) is 1. The fourth-order valence-electron chi connectivity index (χ4n) is 1.38. The van der Waals surface area contributed by atoms with Gasteiger partial charge in [0.2, 0.25) is 5.91 Å². The van der Waals surface area contributed by atoms with Gasteiger partial charge in [0.25, 0.3) is 0 Å². The molecule has 0 unspecified atom stereocenters. The molecule has 1 aliphatic rings. The molecular formula is C9H19N3O. The van der Waals surface area contributed by atoms with E-state index in [0.29, 0.717) is 6.42 Å². The molecule has 0 saturated carbocycles. The number of nitrogens with one attached hydrogen (secondary N) is 1. The zero-order chi connectivity index (χ0) is 9.68. The molecule has 0 aromatic heterocycles. The number of hydrogen-bond donors (Lipinski definition) is 1.